The molecule has 0 bridgehead atoms. The van der Waals surface area contributed by atoms with Gasteiger partial charge in [0.1, 0.15) is 11.3 Å². The first-order valence-corrected chi connectivity index (χ1v) is 9.13. The van der Waals surface area contributed by atoms with Crippen LogP contribution in [0.2, 0.25) is 0 Å². The van der Waals surface area contributed by atoms with Crippen LogP contribution < -0.4 is 0 Å². The van der Waals surface area contributed by atoms with Crippen LogP contribution in [-0.4, -0.2) is 63.9 Å². The first kappa shape index (κ1) is 17.8. The maximum Gasteiger partial charge on any atom is 0.410 e. The fourth-order valence-electron chi connectivity index (χ4n) is 3.84. The lowest BCUT2D eigenvalue weighted by Crippen LogP contribution is -2.52. The van der Waals surface area contributed by atoms with Gasteiger partial charge in [0.15, 0.2) is 0 Å². The third-order valence-corrected chi connectivity index (χ3v) is 4.93. The molecule has 7 nitrogen and oxygen atoms in total. The van der Waals surface area contributed by atoms with E-state index in [2.05, 4.69) is 18.9 Å². The number of ether oxygens (including phenoxy) is 1. The third kappa shape index (κ3) is 3.50. The quantitative estimate of drug-likeness (QED) is 0.836. The van der Waals surface area contributed by atoms with Crippen molar-refractivity contribution in [2.75, 3.05) is 26.7 Å². The van der Waals surface area contributed by atoms with E-state index in [1.54, 1.807) is 16.6 Å². The smallest absolute Gasteiger partial charge is 0.410 e. The number of carbonyl (C=O) groups excluding carboxylic acids is 2. The predicted molar refractivity (Wildman–Crippen MR) is 93.4 cm³/mol. The summed E-state index contributed by atoms with van der Waals surface area (Å²) in [6, 6.07) is 1.92. The van der Waals surface area contributed by atoms with Gasteiger partial charge in [-0.2, -0.15) is 5.10 Å². The second kappa shape index (κ2) is 6.69. The van der Waals surface area contributed by atoms with Gasteiger partial charge in [0, 0.05) is 20.1 Å². The summed E-state index contributed by atoms with van der Waals surface area (Å²) in [5.41, 5.74) is 1.03. The third-order valence-electron chi connectivity index (χ3n) is 4.93. The van der Waals surface area contributed by atoms with Gasteiger partial charge in [0.25, 0.3) is 5.91 Å². The van der Waals surface area contributed by atoms with Crippen LogP contribution in [0.1, 0.15) is 49.8 Å². The minimum atomic E-state index is -0.558. The molecule has 1 aromatic heterocycles. The second-order valence-corrected chi connectivity index (χ2v) is 7.67. The van der Waals surface area contributed by atoms with Crippen LogP contribution in [0.15, 0.2) is 6.07 Å². The summed E-state index contributed by atoms with van der Waals surface area (Å²) in [6.07, 6.45) is 2.21. The van der Waals surface area contributed by atoms with E-state index in [1.165, 1.54) is 0 Å². The lowest BCUT2D eigenvalue weighted by Gasteiger charge is -2.38. The van der Waals surface area contributed by atoms with Crippen molar-refractivity contribution in [1.29, 1.82) is 0 Å². The molecule has 0 N–H and O–H groups in total. The molecule has 1 unspecified atom stereocenters. The number of rotatable bonds is 4. The van der Waals surface area contributed by atoms with Gasteiger partial charge in [-0.3, -0.25) is 9.48 Å². The molecular weight excluding hydrogens is 320 g/mol. The van der Waals surface area contributed by atoms with E-state index in [9.17, 15) is 9.59 Å². The van der Waals surface area contributed by atoms with Gasteiger partial charge in [-0.1, -0.05) is 13.8 Å². The number of amides is 2. The van der Waals surface area contributed by atoms with Crippen molar-refractivity contribution >= 4 is 12.0 Å². The summed E-state index contributed by atoms with van der Waals surface area (Å²) in [4.78, 5) is 28.3. The molecule has 2 aliphatic heterocycles. The largest absolute Gasteiger partial charge is 0.439 e. The van der Waals surface area contributed by atoms with E-state index >= 15 is 0 Å². The minimum Gasteiger partial charge on any atom is -0.439 e. The summed E-state index contributed by atoms with van der Waals surface area (Å²) >= 11 is 0. The first-order chi connectivity index (χ1) is 11.8. The lowest BCUT2D eigenvalue weighted by molar-refractivity contribution is -0.00561. The predicted octanol–water partition coefficient (Wildman–Crippen LogP) is 2.16. The van der Waals surface area contributed by atoms with E-state index in [-0.39, 0.29) is 12.0 Å². The highest BCUT2D eigenvalue weighted by Crippen LogP contribution is 2.32. The normalized spacial score (nSPS) is 23.6. The maximum absolute atomic E-state index is 13.1. The molecular formula is C18H28N4O3. The van der Waals surface area contributed by atoms with Crippen molar-refractivity contribution in [2.45, 2.75) is 52.2 Å². The van der Waals surface area contributed by atoms with Crippen molar-refractivity contribution in [3.05, 3.63) is 17.5 Å². The first-order valence-electron chi connectivity index (χ1n) is 9.13. The van der Waals surface area contributed by atoms with Crippen molar-refractivity contribution in [1.82, 2.24) is 19.6 Å². The zero-order valence-corrected chi connectivity index (χ0v) is 15.6. The fraction of sp³-hybridized carbons (Fsp3) is 0.722. The van der Waals surface area contributed by atoms with E-state index < -0.39 is 5.60 Å². The molecule has 1 atom stereocenters. The summed E-state index contributed by atoms with van der Waals surface area (Å²) in [5.74, 6) is 0.476. The number of likely N-dealkylation sites (tertiary alicyclic amines) is 1. The van der Waals surface area contributed by atoms with Crippen molar-refractivity contribution in [2.24, 2.45) is 5.92 Å². The number of aromatic nitrogens is 2. The Bertz CT molecular complexity index is 669. The molecule has 1 aromatic rings. The number of hydrogen-bond donors (Lipinski definition) is 0. The Labute approximate surface area is 148 Å². The van der Waals surface area contributed by atoms with E-state index in [0.29, 0.717) is 37.8 Å². The average molecular weight is 348 g/mol. The number of hydrogen-bond acceptors (Lipinski definition) is 4. The zero-order chi connectivity index (χ0) is 18.2. The number of aryl methyl sites for hydroxylation is 1. The SMILES string of the molecule is CCn1nc(CC(C)C)cc1C(=O)N1CCCC2(CN(C)C(=O)O2)C1. The molecule has 2 fully saturated rings. The molecule has 3 rings (SSSR count). The van der Waals surface area contributed by atoms with Crippen molar-refractivity contribution in [3.63, 3.8) is 0 Å². The van der Waals surface area contributed by atoms with Crippen LogP contribution in [0.25, 0.3) is 0 Å². The van der Waals surface area contributed by atoms with Gasteiger partial charge in [-0.25, -0.2) is 4.79 Å². The molecule has 0 aliphatic carbocycles. The Morgan fingerprint density at radius 3 is 2.76 bits per heavy atom. The Morgan fingerprint density at radius 2 is 2.16 bits per heavy atom. The van der Waals surface area contributed by atoms with E-state index in [0.717, 1.165) is 25.0 Å². The summed E-state index contributed by atoms with van der Waals surface area (Å²) in [6.45, 7) is 8.63. The van der Waals surface area contributed by atoms with Crippen LogP contribution in [0.5, 0.6) is 0 Å². The maximum atomic E-state index is 13.1. The Kier molecular flexibility index (Phi) is 4.75. The van der Waals surface area contributed by atoms with Gasteiger partial charge in [-0.15, -0.1) is 0 Å². The fourth-order valence-corrected chi connectivity index (χ4v) is 3.84. The van der Waals surface area contributed by atoms with E-state index in [4.69, 9.17) is 4.74 Å². The highest BCUT2D eigenvalue weighted by Gasteiger charge is 2.47. The Morgan fingerprint density at radius 1 is 1.40 bits per heavy atom. The number of carbonyl (C=O) groups is 2. The molecule has 2 aliphatic rings. The van der Waals surface area contributed by atoms with Gasteiger partial charge in [-0.05, 0) is 38.2 Å². The molecule has 138 valence electrons. The molecule has 1 spiro atoms. The van der Waals surface area contributed by atoms with Gasteiger partial charge in [0.05, 0.1) is 18.8 Å². The monoisotopic (exact) mass is 348 g/mol. The molecule has 7 heteroatoms. The van der Waals surface area contributed by atoms with Crippen molar-refractivity contribution < 1.29 is 14.3 Å². The summed E-state index contributed by atoms with van der Waals surface area (Å²) in [7, 11) is 1.74. The van der Waals surface area contributed by atoms with Crippen LogP contribution in [-0.2, 0) is 17.7 Å². The zero-order valence-electron chi connectivity index (χ0n) is 15.6. The van der Waals surface area contributed by atoms with Crippen LogP contribution in [0, 0.1) is 5.92 Å². The van der Waals surface area contributed by atoms with Crippen LogP contribution in [0.3, 0.4) is 0 Å². The number of nitrogens with zero attached hydrogens (tertiary/aromatic N) is 4. The number of likely N-dealkylation sites (N-methyl/N-ethyl adjacent to an activating group) is 1. The van der Waals surface area contributed by atoms with Gasteiger partial charge in [0.2, 0.25) is 0 Å². The Balaban J connectivity index is 1.78. The molecule has 3 heterocycles. The van der Waals surface area contributed by atoms with Crippen LogP contribution in [0.4, 0.5) is 4.79 Å². The second-order valence-electron chi connectivity index (χ2n) is 7.67. The highest BCUT2D eigenvalue weighted by molar-refractivity contribution is 5.93. The molecule has 0 aromatic carbocycles. The van der Waals surface area contributed by atoms with Crippen molar-refractivity contribution in [3.8, 4) is 0 Å². The highest BCUT2D eigenvalue weighted by atomic mass is 16.6. The van der Waals surface area contributed by atoms with Crippen LogP contribution >= 0.6 is 0 Å². The summed E-state index contributed by atoms with van der Waals surface area (Å²) in [5, 5.41) is 4.57. The topological polar surface area (TPSA) is 67.7 Å². The Hall–Kier alpha value is -2.05. The average Bonchev–Trinajstić information content (AvgIpc) is 3.07. The molecule has 2 saturated heterocycles. The van der Waals surface area contributed by atoms with Gasteiger partial charge >= 0.3 is 6.09 Å². The summed E-state index contributed by atoms with van der Waals surface area (Å²) < 4.78 is 7.39. The molecule has 2 amide bonds. The minimum absolute atomic E-state index is 0.0194. The molecule has 0 radical (unpaired) electrons. The molecule has 25 heavy (non-hydrogen) atoms. The molecule has 0 saturated carbocycles. The standard InChI is InChI=1S/C18H28N4O3/c1-5-22-15(10-14(19-22)9-13(2)3)16(23)21-8-6-7-18(12-21)11-20(4)17(24)25-18/h10,13H,5-9,11-12H2,1-4H3. The lowest BCUT2D eigenvalue weighted by atomic mass is 9.92. The number of piperidine rings is 1. The van der Waals surface area contributed by atoms with Gasteiger partial charge < -0.3 is 14.5 Å². The van der Waals surface area contributed by atoms with E-state index in [1.807, 2.05) is 17.9 Å².